The van der Waals surface area contributed by atoms with Gasteiger partial charge in [-0.15, -0.1) is 11.3 Å². The third kappa shape index (κ3) is 1.35. The van der Waals surface area contributed by atoms with Gasteiger partial charge in [0.05, 0.1) is 0 Å². The van der Waals surface area contributed by atoms with Gasteiger partial charge in [-0.05, 0) is 6.07 Å². The molecule has 0 aliphatic carbocycles. The van der Waals surface area contributed by atoms with Crippen molar-refractivity contribution in [1.29, 1.82) is 0 Å². The molecule has 0 aromatic carbocycles. The van der Waals surface area contributed by atoms with Gasteiger partial charge in [0.1, 0.15) is 16.9 Å². The standard InChI is InChI=1S/C12H9N3S/c1-9(10-3-2-4-13-7-10)11-12-15(8-14-11)5-6-16-12/h2-8H,1H2. The lowest BCUT2D eigenvalue weighted by Crippen LogP contribution is -1.87. The molecule has 0 N–H and O–H groups in total. The topological polar surface area (TPSA) is 30.2 Å². The van der Waals surface area contributed by atoms with Crippen molar-refractivity contribution in [1.82, 2.24) is 14.4 Å². The summed E-state index contributed by atoms with van der Waals surface area (Å²) in [5.74, 6) is 0. The lowest BCUT2D eigenvalue weighted by atomic mass is 10.1. The van der Waals surface area contributed by atoms with Crippen molar-refractivity contribution in [3.63, 3.8) is 0 Å². The lowest BCUT2D eigenvalue weighted by Gasteiger charge is -2.01. The van der Waals surface area contributed by atoms with Crippen LogP contribution < -0.4 is 0 Å². The number of aromatic nitrogens is 3. The van der Waals surface area contributed by atoms with Crippen LogP contribution in [0, 0.1) is 0 Å². The van der Waals surface area contributed by atoms with E-state index in [0.29, 0.717) is 0 Å². The Labute approximate surface area is 96.7 Å². The minimum Gasteiger partial charge on any atom is -0.296 e. The van der Waals surface area contributed by atoms with Gasteiger partial charge in [-0.25, -0.2) is 4.98 Å². The Bertz CT molecular complexity index is 636. The van der Waals surface area contributed by atoms with Crippen molar-refractivity contribution >= 4 is 21.7 Å². The number of thiazole rings is 1. The van der Waals surface area contributed by atoms with Crippen molar-refractivity contribution < 1.29 is 0 Å². The first-order valence-electron chi connectivity index (χ1n) is 4.86. The average molecular weight is 227 g/mol. The molecular weight excluding hydrogens is 218 g/mol. The van der Waals surface area contributed by atoms with Gasteiger partial charge in [-0.1, -0.05) is 12.6 Å². The summed E-state index contributed by atoms with van der Waals surface area (Å²) in [7, 11) is 0. The van der Waals surface area contributed by atoms with Crippen LogP contribution in [0.25, 0.3) is 10.4 Å². The largest absolute Gasteiger partial charge is 0.296 e. The Hall–Kier alpha value is -1.94. The number of pyridine rings is 1. The second-order valence-electron chi connectivity index (χ2n) is 3.43. The molecule has 3 aromatic heterocycles. The smallest absolute Gasteiger partial charge is 0.127 e. The second-order valence-corrected chi connectivity index (χ2v) is 4.32. The van der Waals surface area contributed by atoms with E-state index in [9.17, 15) is 0 Å². The van der Waals surface area contributed by atoms with Crippen LogP contribution in [-0.4, -0.2) is 14.4 Å². The zero-order valence-electron chi connectivity index (χ0n) is 8.50. The van der Waals surface area contributed by atoms with Gasteiger partial charge in [0, 0.05) is 35.1 Å². The van der Waals surface area contributed by atoms with E-state index in [4.69, 9.17) is 0 Å². The highest BCUT2D eigenvalue weighted by atomic mass is 32.1. The second kappa shape index (κ2) is 3.57. The first kappa shape index (κ1) is 9.30. The van der Waals surface area contributed by atoms with Gasteiger partial charge in [0.25, 0.3) is 0 Å². The number of hydrogen-bond acceptors (Lipinski definition) is 3. The highest BCUT2D eigenvalue weighted by Gasteiger charge is 2.10. The Morgan fingerprint density at radius 1 is 1.44 bits per heavy atom. The maximum atomic E-state index is 4.38. The third-order valence-electron chi connectivity index (χ3n) is 2.45. The van der Waals surface area contributed by atoms with Crippen LogP contribution in [0.3, 0.4) is 0 Å². The summed E-state index contributed by atoms with van der Waals surface area (Å²) in [6.45, 7) is 4.09. The first-order valence-corrected chi connectivity index (χ1v) is 5.74. The van der Waals surface area contributed by atoms with Crippen LogP contribution in [0.4, 0.5) is 0 Å². The Morgan fingerprint density at radius 2 is 2.38 bits per heavy atom. The highest BCUT2D eigenvalue weighted by Crippen LogP contribution is 2.26. The summed E-state index contributed by atoms with van der Waals surface area (Å²) in [6, 6.07) is 3.90. The zero-order valence-corrected chi connectivity index (χ0v) is 9.31. The monoisotopic (exact) mass is 227 g/mol. The molecule has 3 aromatic rings. The molecule has 16 heavy (non-hydrogen) atoms. The molecule has 4 heteroatoms. The van der Waals surface area contributed by atoms with E-state index in [1.165, 1.54) is 0 Å². The molecule has 0 spiro atoms. The Balaban J connectivity index is 2.12. The van der Waals surface area contributed by atoms with Crippen LogP contribution in [-0.2, 0) is 0 Å². The SMILES string of the molecule is C=C(c1cccnc1)c1ncn2ccsc12. The molecule has 3 nitrogen and oxygen atoms in total. The number of hydrogen-bond donors (Lipinski definition) is 0. The fraction of sp³-hybridized carbons (Fsp3) is 0. The molecule has 0 atom stereocenters. The molecular formula is C12H9N3S. The summed E-state index contributed by atoms with van der Waals surface area (Å²) in [5, 5.41) is 2.04. The van der Waals surface area contributed by atoms with E-state index in [1.807, 2.05) is 34.4 Å². The average Bonchev–Trinajstić information content (AvgIpc) is 2.91. The Morgan fingerprint density at radius 3 is 3.19 bits per heavy atom. The van der Waals surface area contributed by atoms with Crippen LogP contribution in [0.15, 0.2) is 49.0 Å². The normalized spacial score (nSPS) is 10.8. The predicted molar refractivity (Wildman–Crippen MR) is 65.4 cm³/mol. The van der Waals surface area contributed by atoms with E-state index >= 15 is 0 Å². The fourth-order valence-electron chi connectivity index (χ4n) is 1.62. The van der Waals surface area contributed by atoms with E-state index in [0.717, 1.165) is 21.7 Å². The maximum absolute atomic E-state index is 4.38. The third-order valence-corrected chi connectivity index (χ3v) is 3.33. The fourth-order valence-corrected chi connectivity index (χ4v) is 2.46. The van der Waals surface area contributed by atoms with Gasteiger partial charge in [-0.2, -0.15) is 0 Å². The van der Waals surface area contributed by atoms with Crippen LogP contribution in [0.1, 0.15) is 11.3 Å². The van der Waals surface area contributed by atoms with Gasteiger partial charge in [-0.3, -0.25) is 9.38 Å². The number of nitrogens with zero attached hydrogens (tertiary/aromatic N) is 3. The minimum absolute atomic E-state index is 0.915. The zero-order chi connectivity index (χ0) is 11.0. The number of fused-ring (bicyclic) bond motifs is 1. The summed E-state index contributed by atoms with van der Waals surface area (Å²) >= 11 is 1.66. The van der Waals surface area contributed by atoms with E-state index in [-0.39, 0.29) is 0 Å². The quantitative estimate of drug-likeness (QED) is 0.674. The van der Waals surface area contributed by atoms with E-state index in [1.54, 1.807) is 23.7 Å². The van der Waals surface area contributed by atoms with Crippen molar-refractivity contribution in [3.05, 3.63) is 60.3 Å². The van der Waals surface area contributed by atoms with Crippen molar-refractivity contribution in [2.75, 3.05) is 0 Å². The molecule has 0 aliphatic rings. The first-order chi connectivity index (χ1) is 7.86. The molecule has 3 heterocycles. The minimum atomic E-state index is 0.915. The van der Waals surface area contributed by atoms with Gasteiger partial charge < -0.3 is 0 Å². The van der Waals surface area contributed by atoms with E-state index < -0.39 is 0 Å². The molecule has 0 amide bonds. The van der Waals surface area contributed by atoms with Gasteiger partial charge in [0.15, 0.2) is 0 Å². The number of imidazole rings is 1. The summed E-state index contributed by atoms with van der Waals surface area (Å²) in [6.07, 6.45) is 7.36. The van der Waals surface area contributed by atoms with Gasteiger partial charge in [0.2, 0.25) is 0 Å². The summed E-state index contributed by atoms with van der Waals surface area (Å²) in [4.78, 5) is 9.59. The molecule has 0 aliphatic heterocycles. The van der Waals surface area contributed by atoms with Crippen molar-refractivity contribution in [2.24, 2.45) is 0 Å². The highest BCUT2D eigenvalue weighted by molar-refractivity contribution is 7.15. The number of rotatable bonds is 2. The van der Waals surface area contributed by atoms with Crippen LogP contribution in [0.5, 0.6) is 0 Å². The molecule has 0 fully saturated rings. The maximum Gasteiger partial charge on any atom is 0.127 e. The summed E-state index contributed by atoms with van der Waals surface area (Å²) in [5.41, 5.74) is 2.86. The Kier molecular flexibility index (Phi) is 2.08. The van der Waals surface area contributed by atoms with Crippen LogP contribution in [0.2, 0.25) is 0 Å². The molecule has 78 valence electrons. The molecule has 0 saturated carbocycles. The lowest BCUT2D eigenvalue weighted by molar-refractivity contribution is 1.17. The van der Waals surface area contributed by atoms with Gasteiger partial charge >= 0.3 is 0 Å². The molecule has 0 saturated heterocycles. The predicted octanol–water partition coefficient (Wildman–Crippen LogP) is 2.85. The molecule has 3 rings (SSSR count). The molecule has 0 radical (unpaired) electrons. The van der Waals surface area contributed by atoms with Crippen molar-refractivity contribution in [2.45, 2.75) is 0 Å². The van der Waals surface area contributed by atoms with Crippen molar-refractivity contribution in [3.8, 4) is 0 Å². The van der Waals surface area contributed by atoms with Crippen LogP contribution >= 0.6 is 11.3 Å². The molecule has 0 unspecified atom stereocenters. The summed E-state index contributed by atoms with van der Waals surface area (Å²) < 4.78 is 2.00. The van der Waals surface area contributed by atoms with E-state index in [2.05, 4.69) is 16.5 Å². The molecule has 0 bridgehead atoms.